The van der Waals surface area contributed by atoms with Gasteiger partial charge in [0.25, 0.3) is 0 Å². The summed E-state index contributed by atoms with van der Waals surface area (Å²) in [6, 6.07) is 0. The lowest BCUT2D eigenvalue weighted by Crippen LogP contribution is -2.18. The third-order valence-corrected chi connectivity index (χ3v) is 4.72. The average Bonchev–Trinajstić information content (AvgIpc) is 2.85. The van der Waals surface area contributed by atoms with Gasteiger partial charge in [0.2, 0.25) is 0 Å². The maximum absolute atomic E-state index is 5.84. The first kappa shape index (κ1) is 12.0. The number of hydrogen-bond donors (Lipinski definition) is 1. The molecule has 1 aromatic heterocycles. The van der Waals surface area contributed by atoms with E-state index in [-0.39, 0.29) is 0 Å². The molecule has 2 heterocycles. The van der Waals surface area contributed by atoms with E-state index in [0.29, 0.717) is 23.1 Å². The molecule has 0 bridgehead atoms. The number of rotatable bonds is 4. The van der Waals surface area contributed by atoms with Crippen LogP contribution in [0.5, 0.6) is 0 Å². The van der Waals surface area contributed by atoms with Crippen molar-refractivity contribution >= 4 is 11.8 Å². The van der Waals surface area contributed by atoms with Gasteiger partial charge in [-0.2, -0.15) is 5.10 Å². The number of nitrogens with zero attached hydrogens (tertiary/aromatic N) is 2. The molecule has 0 aromatic carbocycles. The normalized spacial score (nSPS) is 27.2. The van der Waals surface area contributed by atoms with E-state index in [1.807, 2.05) is 35.9 Å². The van der Waals surface area contributed by atoms with Gasteiger partial charge in [-0.1, -0.05) is 0 Å². The largest absolute Gasteiger partial charge is 0.377 e. The highest BCUT2D eigenvalue weighted by Gasteiger charge is 2.28. The monoisotopic (exact) mass is 241 g/mol. The second-order valence-electron chi connectivity index (χ2n) is 4.21. The summed E-state index contributed by atoms with van der Waals surface area (Å²) in [6.07, 6.45) is 5.43. The van der Waals surface area contributed by atoms with Crippen LogP contribution in [0.2, 0.25) is 0 Å². The first-order chi connectivity index (χ1) is 7.70. The molecule has 5 heteroatoms. The molecule has 1 saturated heterocycles. The molecule has 0 spiro atoms. The fourth-order valence-corrected chi connectivity index (χ4v) is 3.32. The molecule has 1 fully saturated rings. The van der Waals surface area contributed by atoms with E-state index in [9.17, 15) is 0 Å². The number of nitrogens with two attached hydrogens (primary N) is 1. The first-order valence-corrected chi connectivity index (χ1v) is 6.60. The fraction of sp³-hybridized carbons (Fsp3) is 0.727. The van der Waals surface area contributed by atoms with E-state index in [2.05, 4.69) is 12.0 Å². The standard InChI is InChI=1S/C11H19N3OS/c1-8-10(3-4-15-8)16-11(5-12)9-6-13-14(2)7-9/h6-8,10-11H,3-5,12H2,1-2H3. The second-order valence-corrected chi connectivity index (χ2v) is 5.66. The topological polar surface area (TPSA) is 53.1 Å². The van der Waals surface area contributed by atoms with Crippen LogP contribution in [-0.2, 0) is 11.8 Å². The highest BCUT2D eigenvalue weighted by molar-refractivity contribution is 8.00. The number of aromatic nitrogens is 2. The summed E-state index contributed by atoms with van der Waals surface area (Å²) in [5.41, 5.74) is 7.06. The van der Waals surface area contributed by atoms with Crippen LogP contribution < -0.4 is 5.73 Å². The van der Waals surface area contributed by atoms with Crippen LogP contribution in [0, 0.1) is 0 Å². The summed E-state index contributed by atoms with van der Waals surface area (Å²) in [5, 5.41) is 5.10. The zero-order valence-electron chi connectivity index (χ0n) is 9.80. The van der Waals surface area contributed by atoms with Gasteiger partial charge in [0.05, 0.1) is 12.3 Å². The van der Waals surface area contributed by atoms with E-state index in [1.165, 1.54) is 5.56 Å². The Balaban J connectivity index is 2.00. The van der Waals surface area contributed by atoms with Crippen molar-refractivity contribution in [2.45, 2.75) is 29.9 Å². The van der Waals surface area contributed by atoms with Crippen molar-refractivity contribution in [1.29, 1.82) is 0 Å². The SMILES string of the molecule is CC1OCCC1SC(CN)c1cnn(C)c1. The average molecular weight is 241 g/mol. The molecule has 3 atom stereocenters. The second kappa shape index (κ2) is 5.21. The van der Waals surface area contributed by atoms with Gasteiger partial charge in [0, 0.05) is 42.5 Å². The predicted octanol–water partition coefficient (Wildman–Crippen LogP) is 1.33. The molecule has 0 aliphatic carbocycles. The Labute approximate surface area is 101 Å². The Bertz CT molecular complexity index is 342. The van der Waals surface area contributed by atoms with Crippen LogP contribution in [0.4, 0.5) is 0 Å². The molecule has 0 radical (unpaired) electrons. The van der Waals surface area contributed by atoms with E-state index in [4.69, 9.17) is 10.5 Å². The summed E-state index contributed by atoms with van der Waals surface area (Å²) in [7, 11) is 1.93. The third-order valence-electron chi connectivity index (χ3n) is 2.96. The molecule has 4 nitrogen and oxygen atoms in total. The predicted molar refractivity (Wildman–Crippen MR) is 66.4 cm³/mol. The molecule has 1 aliphatic rings. The Kier molecular flexibility index (Phi) is 3.89. The highest BCUT2D eigenvalue weighted by Crippen LogP contribution is 2.37. The molecule has 0 amide bonds. The van der Waals surface area contributed by atoms with Crippen LogP contribution >= 0.6 is 11.8 Å². The molecule has 2 rings (SSSR count). The lowest BCUT2D eigenvalue weighted by molar-refractivity contribution is 0.127. The number of hydrogen-bond acceptors (Lipinski definition) is 4. The number of thioether (sulfide) groups is 1. The van der Waals surface area contributed by atoms with Gasteiger partial charge in [-0.25, -0.2) is 0 Å². The van der Waals surface area contributed by atoms with Crippen LogP contribution in [-0.4, -0.2) is 34.3 Å². The zero-order valence-corrected chi connectivity index (χ0v) is 10.6. The Morgan fingerprint density at radius 2 is 2.56 bits per heavy atom. The van der Waals surface area contributed by atoms with E-state index >= 15 is 0 Å². The summed E-state index contributed by atoms with van der Waals surface area (Å²) >= 11 is 1.92. The van der Waals surface area contributed by atoms with Crippen molar-refractivity contribution in [3.63, 3.8) is 0 Å². The van der Waals surface area contributed by atoms with Gasteiger partial charge in [0.1, 0.15) is 0 Å². The smallest absolute Gasteiger partial charge is 0.0666 e. The van der Waals surface area contributed by atoms with Gasteiger partial charge < -0.3 is 10.5 Å². The lowest BCUT2D eigenvalue weighted by Gasteiger charge is -2.19. The Hall–Kier alpha value is -0.520. The van der Waals surface area contributed by atoms with Gasteiger partial charge >= 0.3 is 0 Å². The minimum Gasteiger partial charge on any atom is -0.377 e. The summed E-state index contributed by atoms with van der Waals surface area (Å²) < 4.78 is 7.40. The van der Waals surface area contributed by atoms with Crippen molar-refractivity contribution in [1.82, 2.24) is 9.78 Å². The molecule has 1 aliphatic heterocycles. The number of ether oxygens (including phenoxy) is 1. The van der Waals surface area contributed by atoms with Crippen molar-refractivity contribution in [3.8, 4) is 0 Å². The molecule has 16 heavy (non-hydrogen) atoms. The van der Waals surface area contributed by atoms with Crippen molar-refractivity contribution in [2.24, 2.45) is 12.8 Å². The van der Waals surface area contributed by atoms with Crippen LogP contribution in [0.25, 0.3) is 0 Å². The first-order valence-electron chi connectivity index (χ1n) is 5.66. The highest BCUT2D eigenvalue weighted by atomic mass is 32.2. The molecule has 0 saturated carbocycles. The molecule has 90 valence electrons. The molecular formula is C11H19N3OS. The summed E-state index contributed by atoms with van der Waals surface area (Å²) in [5.74, 6) is 0. The quantitative estimate of drug-likeness (QED) is 0.864. The summed E-state index contributed by atoms with van der Waals surface area (Å²) in [4.78, 5) is 0. The molecule has 1 aromatic rings. The Morgan fingerprint density at radius 1 is 1.75 bits per heavy atom. The van der Waals surface area contributed by atoms with Crippen LogP contribution in [0.1, 0.15) is 24.2 Å². The maximum atomic E-state index is 5.84. The Morgan fingerprint density at radius 3 is 3.06 bits per heavy atom. The molecule has 2 N–H and O–H groups in total. The van der Waals surface area contributed by atoms with E-state index < -0.39 is 0 Å². The van der Waals surface area contributed by atoms with Crippen LogP contribution in [0.15, 0.2) is 12.4 Å². The minimum atomic E-state index is 0.336. The fourth-order valence-electron chi connectivity index (χ4n) is 1.98. The zero-order chi connectivity index (χ0) is 11.5. The van der Waals surface area contributed by atoms with Gasteiger partial charge in [-0.05, 0) is 13.3 Å². The van der Waals surface area contributed by atoms with Gasteiger partial charge in [-0.3, -0.25) is 4.68 Å². The third kappa shape index (κ3) is 2.59. The van der Waals surface area contributed by atoms with E-state index in [0.717, 1.165) is 13.0 Å². The molecule has 3 unspecified atom stereocenters. The maximum Gasteiger partial charge on any atom is 0.0666 e. The van der Waals surface area contributed by atoms with Crippen molar-refractivity contribution in [3.05, 3.63) is 18.0 Å². The van der Waals surface area contributed by atoms with Crippen molar-refractivity contribution in [2.75, 3.05) is 13.2 Å². The van der Waals surface area contributed by atoms with Gasteiger partial charge in [-0.15, -0.1) is 11.8 Å². The van der Waals surface area contributed by atoms with Crippen LogP contribution in [0.3, 0.4) is 0 Å². The summed E-state index contributed by atoms with van der Waals surface area (Å²) in [6.45, 7) is 3.67. The number of aryl methyl sites for hydroxylation is 1. The molecular weight excluding hydrogens is 222 g/mol. The van der Waals surface area contributed by atoms with Gasteiger partial charge in [0.15, 0.2) is 0 Å². The van der Waals surface area contributed by atoms with E-state index in [1.54, 1.807) is 0 Å². The lowest BCUT2D eigenvalue weighted by atomic mass is 10.2. The minimum absolute atomic E-state index is 0.336. The van der Waals surface area contributed by atoms with Crippen molar-refractivity contribution < 1.29 is 4.74 Å².